The number of carbonyl (C=O) groups is 4. The van der Waals surface area contributed by atoms with Gasteiger partial charge in [-0.3, -0.25) is 0 Å². The first-order valence-electron chi connectivity index (χ1n) is 15.3. The normalized spacial score (nSPS) is 26.3. The van der Waals surface area contributed by atoms with E-state index in [4.69, 9.17) is 18.9 Å². The van der Waals surface area contributed by atoms with E-state index in [1.807, 2.05) is 0 Å². The fourth-order valence-corrected chi connectivity index (χ4v) is 5.86. The summed E-state index contributed by atoms with van der Waals surface area (Å²) in [6.07, 6.45) is 8.66. The highest BCUT2D eigenvalue weighted by atomic mass is 17.3. The molecule has 0 saturated heterocycles. The van der Waals surface area contributed by atoms with Crippen molar-refractivity contribution in [2.45, 2.75) is 146 Å². The maximum atomic E-state index is 12.2. The van der Waals surface area contributed by atoms with Gasteiger partial charge in [-0.05, 0) is 96.3 Å². The van der Waals surface area contributed by atoms with E-state index >= 15 is 0 Å². The number of ether oxygens (including phenoxy) is 4. The summed E-state index contributed by atoms with van der Waals surface area (Å²) in [5.41, 5.74) is 3.64. The van der Waals surface area contributed by atoms with Gasteiger partial charge in [-0.15, -0.1) is 0 Å². The predicted molar refractivity (Wildman–Crippen MR) is 143 cm³/mol. The van der Waals surface area contributed by atoms with Crippen LogP contribution < -0.4 is 5.43 Å². The Morgan fingerprint density at radius 2 is 1.00 bits per heavy atom. The topological polar surface area (TPSA) is 167 Å². The van der Waals surface area contributed by atoms with Gasteiger partial charge >= 0.3 is 24.6 Å². The average molecular weight is 599 g/mol. The Balaban J connectivity index is 1.19. The van der Waals surface area contributed by atoms with Crippen LogP contribution in [0.4, 0.5) is 19.2 Å². The quantitative estimate of drug-likeness (QED) is 0.157. The van der Waals surface area contributed by atoms with Gasteiger partial charge in [-0.25, -0.2) is 0 Å². The summed E-state index contributed by atoms with van der Waals surface area (Å²) >= 11 is 0. The van der Waals surface area contributed by atoms with Crippen LogP contribution in [0.15, 0.2) is 5.10 Å². The Morgan fingerprint density at radius 3 is 1.60 bits per heavy atom. The second kappa shape index (κ2) is 16.9. The molecule has 0 spiro atoms. The molecule has 4 saturated carbocycles. The van der Waals surface area contributed by atoms with Crippen molar-refractivity contribution in [3.63, 3.8) is 0 Å². The fourth-order valence-electron chi connectivity index (χ4n) is 5.86. The van der Waals surface area contributed by atoms with Gasteiger partial charge in [-0.2, -0.15) is 43.8 Å². The van der Waals surface area contributed by atoms with Crippen molar-refractivity contribution >= 4 is 30.3 Å². The minimum atomic E-state index is -1.17. The highest BCUT2D eigenvalue weighted by Gasteiger charge is 2.32. The molecule has 0 radical (unpaired) electrons. The first kappa shape index (κ1) is 31.5. The Hall–Kier alpha value is -3.45. The standard InChI is InChI=1S/C28H42N2O12/c31-25(35-19-11-3-1-4-12-19)39-41-27(33)37-23-17-9-7-15-21(23)29-30-22-16-8-10-18-24(22)38-28(34)42-40-26(32)36-20-13-5-2-6-14-20/h19-21,23-24,29H,1-18H2. The van der Waals surface area contributed by atoms with Crippen LogP contribution in [0, 0.1) is 0 Å². The second-order valence-electron chi connectivity index (χ2n) is 11.2. The second-order valence-corrected chi connectivity index (χ2v) is 11.2. The molecule has 4 aliphatic rings. The maximum absolute atomic E-state index is 12.2. The lowest BCUT2D eigenvalue weighted by atomic mass is 9.93. The molecular weight excluding hydrogens is 556 g/mol. The summed E-state index contributed by atoms with van der Waals surface area (Å²) in [6.45, 7) is 0. The third-order valence-corrected chi connectivity index (χ3v) is 8.07. The zero-order valence-electron chi connectivity index (χ0n) is 24.0. The average Bonchev–Trinajstić information content (AvgIpc) is 3.00. The molecule has 0 amide bonds. The maximum Gasteiger partial charge on any atom is 0.550 e. The molecule has 3 atom stereocenters. The van der Waals surface area contributed by atoms with Crippen molar-refractivity contribution in [2.75, 3.05) is 0 Å². The predicted octanol–water partition coefficient (Wildman–Crippen LogP) is 6.29. The Kier molecular flexibility index (Phi) is 12.6. The van der Waals surface area contributed by atoms with Crippen molar-refractivity contribution in [2.24, 2.45) is 5.10 Å². The molecule has 0 aromatic rings. The molecule has 0 aromatic heterocycles. The molecule has 0 aliphatic heterocycles. The molecule has 0 aromatic carbocycles. The van der Waals surface area contributed by atoms with E-state index in [1.165, 1.54) is 0 Å². The Bertz CT molecular complexity index is 932. The van der Waals surface area contributed by atoms with E-state index in [-0.39, 0.29) is 18.2 Å². The van der Waals surface area contributed by atoms with Gasteiger partial charge in [0, 0.05) is 0 Å². The first-order valence-corrected chi connectivity index (χ1v) is 15.3. The lowest BCUT2D eigenvalue weighted by Crippen LogP contribution is -2.44. The third kappa shape index (κ3) is 10.8. The fraction of sp³-hybridized carbons (Fsp3) is 0.821. The smallest absolute Gasteiger partial charge is 0.428 e. The molecule has 4 fully saturated rings. The number of nitrogens with zero attached hydrogens (tertiary/aromatic N) is 1. The van der Waals surface area contributed by atoms with Crippen LogP contribution in [0.1, 0.15) is 116 Å². The van der Waals surface area contributed by atoms with Crippen molar-refractivity contribution in [1.29, 1.82) is 0 Å². The van der Waals surface area contributed by atoms with Crippen molar-refractivity contribution in [3.8, 4) is 0 Å². The number of nitrogens with one attached hydrogen (secondary N) is 1. The number of hydrazone groups is 1. The number of hydrogen-bond donors (Lipinski definition) is 1. The highest BCUT2D eigenvalue weighted by molar-refractivity contribution is 5.90. The molecule has 4 rings (SSSR count). The van der Waals surface area contributed by atoms with E-state index < -0.39 is 36.8 Å². The van der Waals surface area contributed by atoms with E-state index in [1.54, 1.807) is 0 Å². The molecule has 14 nitrogen and oxygen atoms in total. The van der Waals surface area contributed by atoms with Gasteiger partial charge in [-0.1, -0.05) is 19.3 Å². The molecule has 14 heteroatoms. The van der Waals surface area contributed by atoms with Gasteiger partial charge in [0.15, 0.2) is 0 Å². The third-order valence-electron chi connectivity index (χ3n) is 8.07. The Morgan fingerprint density at radius 1 is 0.524 bits per heavy atom. The summed E-state index contributed by atoms with van der Waals surface area (Å²) < 4.78 is 21.1. The van der Waals surface area contributed by atoms with Crippen LogP contribution in [0.3, 0.4) is 0 Å². The largest absolute Gasteiger partial charge is 0.550 e. The number of hydrogen-bond acceptors (Lipinski definition) is 14. The minimum Gasteiger partial charge on any atom is -0.428 e. The zero-order valence-corrected chi connectivity index (χ0v) is 24.0. The van der Waals surface area contributed by atoms with Crippen LogP contribution in [0.5, 0.6) is 0 Å². The summed E-state index contributed by atoms with van der Waals surface area (Å²) in [7, 11) is 0. The van der Waals surface area contributed by atoms with Crippen molar-refractivity contribution < 1.29 is 57.7 Å². The monoisotopic (exact) mass is 598 g/mol. The molecular formula is C28H42N2O12. The SMILES string of the molecule is O=C(OOC(=O)OC1CCCCC1=NNC1CCCCC1OC(=O)OOC(=O)OC1CCCCC1)OC1CCCCC1. The lowest BCUT2D eigenvalue weighted by molar-refractivity contribution is -0.227. The van der Waals surface area contributed by atoms with Gasteiger partial charge in [0.05, 0.1) is 11.8 Å². The molecule has 236 valence electrons. The molecule has 4 aliphatic carbocycles. The van der Waals surface area contributed by atoms with Crippen LogP contribution >= 0.6 is 0 Å². The molecule has 42 heavy (non-hydrogen) atoms. The van der Waals surface area contributed by atoms with Crippen LogP contribution in [-0.4, -0.2) is 60.8 Å². The van der Waals surface area contributed by atoms with E-state index in [0.29, 0.717) is 31.4 Å². The summed E-state index contributed by atoms with van der Waals surface area (Å²) in [5.74, 6) is 0. The van der Waals surface area contributed by atoms with Crippen molar-refractivity contribution in [1.82, 2.24) is 5.43 Å². The van der Waals surface area contributed by atoms with Crippen molar-refractivity contribution in [3.05, 3.63) is 0 Å². The van der Waals surface area contributed by atoms with Gasteiger partial charge < -0.3 is 24.4 Å². The van der Waals surface area contributed by atoms with Gasteiger partial charge in [0.2, 0.25) is 0 Å². The van der Waals surface area contributed by atoms with Gasteiger partial charge in [0.25, 0.3) is 0 Å². The van der Waals surface area contributed by atoms with Gasteiger partial charge in [0.1, 0.15) is 24.4 Å². The van der Waals surface area contributed by atoms with Crippen LogP contribution in [0.2, 0.25) is 0 Å². The van der Waals surface area contributed by atoms with Crippen LogP contribution in [0.25, 0.3) is 0 Å². The molecule has 3 unspecified atom stereocenters. The minimum absolute atomic E-state index is 0.235. The molecule has 0 heterocycles. The number of rotatable bonds is 6. The van der Waals surface area contributed by atoms with Crippen LogP contribution in [-0.2, 0) is 38.5 Å². The highest BCUT2D eigenvalue weighted by Crippen LogP contribution is 2.25. The number of carbonyl (C=O) groups excluding carboxylic acids is 4. The van der Waals surface area contributed by atoms with E-state index in [9.17, 15) is 19.2 Å². The van der Waals surface area contributed by atoms with E-state index in [2.05, 4.69) is 30.1 Å². The molecule has 1 N–H and O–H groups in total. The summed E-state index contributed by atoms with van der Waals surface area (Å²) in [5, 5.41) is 4.47. The molecule has 0 bridgehead atoms. The Labute approximate surface area is 244 Å². The first-order chi connectivity index (χ1) is 20.5. The zero-order chi connectivity index (χ0) is 29.6. The van der Waals surface area contributed by atoms with E-state index in [0.717, 1.165) is 89.9 Å². The summed E-state index contributed by atoms with van der Waals surface area (Å²) in [6, 6.07) is -0.333. The summed E-state index contributed by atoms with van der Waals surface area (Å²) in [4.78, 5) is 66.0. The lowest BCUT2D eigenvalue weighted by Gasteiger charge is -2.31.